The van der Waals surface area contributed by atoms with Crippen molar-refractivity contribution in [3.63, 3.8) is 0 Å². The van der Waals surface area contributed by atoms with Crippen molar-refractivity contribution in [2.24, 2.45) is 17.1 Å². The van der Waals surface area contributed by atoms with Crippen molar-refractivity contribution in [3.05, 3.63) is 42.0 Å². The zero-order valence-electron chi connectivity index (χ0n) is 19.2. The lowest BCUT2D eigenvalue weighted by Crippen LogP contribution is -2.36. The van der Waals surface area contributed by atoms with Crippen LogP contribution in [0.5, 0.6) is 0 Å². The molecule has 2 amide bonds. The van der Waals surface area contributed by atoms with Crippen LogP contribution in [-0.2, 0) is 4.79 Å². The molecular weight excluding hydrogens is 432 g/mol. The first-order chi connectivity index (χ1) is 16.3. The van der Waals surface area contributed by atoms with Crippen LogP contribution in [0.2, 0.25) is 0 Å². The highest BCUT2D eigenvalue weighted by atomic mass is 16.2. The maximum atomic E-state index is 13.0. The number of imidazole rings is 1. The highest BCUT2D eigenvalue weighted by molar-refractivity contribution is 6.01. The average Bonchev–Trinajstić information content (AvgIpc) is 3.33. The number of rotatable bonds is 6. The SMILES string of the molecule is CC[C@H]1CN(C(=O)C2(C#N)CC2)C[C@H]1Nc1c(C(N)=O)cnn2cc(-c3ccnc(C)c3)nc12. The number of hydrogen-bond acceptors (Lipinski definition) is 7. The lowest BCUT2D eigenvalue weighted by Gasteiger charge is -2.21. The third-order valence-electron chi connectivity index (χ3n) is 6.91. The highest BCUT2D eigenvalue weighted by Crippen LogP contribution is 2.47. The second kappa shape index (κ2) is 8.09. The van der Waals surface area contributed by atoms with E-state index in [-0.39, 0.29) is 23.4 Å². The first-order valence-electron chi connectivity index (χ1n) is 11.4. The van der Waals surface area contributed by atoms with Crippen molar-refractivity contribution in [1.29, 1.82) is 5.26 Å². The Morgan fingerprint density at radius 3 is 2.79 bits per heavy atom. The number of likely N-dealkylation sites (tertiary alicyclic amines) is 1. The van der Waals surface area contributed by atoms with Gasteiger partial charge in [-0.3, -0.25) is 14.6 Å². The smallest absolute Gasteiger partial charge is 0.252 e. The molecule has 2 fully saturated rings. The van der Waals surface area contributed by atoms with Gasteiger partial charge in [0.2, 0.25) is 5.91 Å². The molecule has 0 aromatic carbocycles. The molecule has 10 heteroatoms. The van der Waals surface area contributed by atoms with E-state index in [4.69, 9.17) is 10.7 Å². The van der Waals surface area contributed by atoms with Crippen LogP contribution in [0.15, 0.2) is 30.7 Å². The molecular formula is C24H26N8O2. The quantitative estimate of drug-likeness (QED) is 0.576. The number of nitrogens with two attached hydrogens (primary N) is 1. The van der Waals surface area contributed by atoms with Crippen molar-refractivity contribution < 1.29 is 9.59 Å². The summed E-state index contributed by atoms with van der Waals surface area (Å²) in [7, 11) is 0. The number of hydrogen-bond donors (Lipinski definition) is 2. The van der Waals surface area contributed by atoms with Gasteiger partial charge in [0.15, 0.2) is 5.65 Å². The Balaban J connectivity index is 1.50. The minimum Gasteiger partial charge on any atom is -0.376 e. The summed E-state index contributed by atoms with van der Waals surface area (Å²) in [5, 5.41) is 17.3. The molecule has 4 heterocycles. The Morgan fingerprint density at radius 1 is 1.35 bits per heavy atom. The average molecular weight is 459 g/mol. The van der Waals surface area contributed by atoms with E-state index in [1.807, 2.05) is 19.1 Å². The Labute approximate surface area is 196 Å². The summed E-state index contributed by atoms with van der Waals surface area (Å²) in [5.41, 5.74) is 8.50. The lowest BCUT2D eigenvalue weighted by molar-refractivity contribution is -0.134. The van der Waals surface area contributed by atoms with E-state index < -0.39 is 11.3 Å². The van der Waals surface area contributed by atoms with Gasteiger partial charge in [0, 0.05) is 36.6 Å². The molecule has 3 aromatic heterocycles. The molecule has 3 aromatic rings. The minimum absolute atomic E-state index is 0.0936. The van der Waals surface area contributed by atoms with E-state index in [2.05, 4.69) is 28.4 Å². The molecule has 2 aliphatic rings. The molecule has 3 N–H and O–H groups in total. The van der Waals surface area contributed by atoms with Gasteiger partial charge in [-0.2, -0.15) is 10.4 Å². The van der Waals surface area contributed by atoms with Crippen LogP contribution < -0.4 is 11.1 Å². The Kier molecular flexibility index (Phi) is 5.20. The maximum Gasteiger partial charge on any atom is 0.252 e. The van der Waals surface area contributed by atoms with Crippen LogP contribution in [-0.4, -0.2) is 55.4 Å². The molecule has 34 heavy (non-hydrogen) atoms. The van der Waals surface area contributed by atoms with Crippen LogP contribution >= 0.6 is 0 Å². The normalized spacial score (nSPS) is 20.8. The Morgan fingerprint density at radius 2 is 2.15 bits per heavy atom. The molecule has 2 atom stereocenters. The third-order valence-corrected chi connectivity index (χ3v) is 6.91. The summed E-state index contributed by atoms with van der Waals surface area (Å²) in [5.74, 6) is -0.546. The van der Waals surface area contributed by atoms with Crippen LogP contribution in [0.3, 0.4) is 0 Å². The Bertz CT molecular complexity index is 1340. The van der Waals surface area contributed by atoms with Gasteiger partial charge in [-0.1, -0.05) is 6.92 Å². The molecule has 5 rings (SSSR count). The van der Waals surface area contributed by atoms with E-state index >= 15 is 0 Å². The lowest BCUT2D eigenvalue weighted by atomic mass is 10.0. The fourth-order valence-electron chi connectivity index (χ4n) is 4.71. The molecule has 0 unspecified atom stereocenters. The summed E-state index contributed by atoms with van der Waals surface area (Å²) < 4.78 is 1.62. The number of nitrogens with one attached hydrogen (secondary N) is 1. The summed E-state index contributed by atoms with van der Waals surface area (Å²) in [6.45, 7) is 5.00. The fraction of sp³-hybridized carbons (Fsp3) is 0.417. The van der Waals surface area contributed by atoms with E-state index in [0.717, 1.165) is 17.7 Å². The number of primary amides is 1. The van der Waals surface area contributed by atoms with Gasteiger partial charge in [-0.25, -0.2) is 9.50 Å². The number of carbonyl (C=O) groups is 2. The predicted octanol–water partition coefficient (Wildman–Crippen LogP) is 2.15. The number of fused-ring (bicyclic) bond motifs is 1. The summed E-state index contributed by atoms with van der Waals surface area (Å²) in [6.07, 6.45) is 7.04. The van der Waals surface area contributed by atoms with E-state index in [1.54, 1.807) is 21.8 Å². The number of nitrogens with zero attached hydrogens (tertiary/aromatic N) is 6. The summed E-state index contributed by atoms with van der Waals surface area (Å²) in [4.78, 5) is 36.0. The number of pyridine rings is 1. The Hall–Kier alpha value is -4.00. The second-order valence-corrected chi connectivity index (χ2v) is 9.20. The van der Waals surface area contributed by atoms with Crippen molar-refractivity contribution in [2.45, 2.75) is 39.2 Å². The van der Waals surface area contributed by atoms with E-state index in [9.17, 15) is 14.9 Å². The van der Waals surface area contributed by atoms with Gasteiger partial charge in [-0.15, -0.1) is 0 Å². The molecule has 1 saturated carbocycles. The number of aryl methyl sites for hydroxylation is 1. The molecule has 174 valence electrons. The molecule has 1 saturated heterocycles. The number of anilines is 1. The van der Waals surface area contributed by atoms with Crippen LogP contribution in [0.1, 0.15) is 42.2 Å². The van der Waals surface area contributed by atoms with E-state index in [1.165, 1.54) is 6.20 Å². The fourth-order valence-corrected chi connectivity index (χ4v) is 4.71. The molecule has 1 aliphatic carbocycles. The number of nitriles is 1. The minimum atomic E-state index is -0.851. The van der Waals surface area contributed by atoms with Gasteiger partial charge < -0.3 is 16.0 Å². The third kappa shape index (κ3) is 3.63. The molecule has 1 aliphatic heterocycles. The summed E-state index contributed by atoms with van der Waals surface area (Å²) >= 11 is 0. The summed E-state index contributed by atoms with van der Waals surface area (Å²) in [6, 6.07) is 5.88. The van der Waals surface area contributed by atoms with Gasteiger partial charge in [0.25, 0.3) is 5.91 Å². The van der Waals surface area contributed by atoms with Crippen LogP contribution in [0.25, 0.3) is 16.9 Å². The standard InChI is InChI=1S/C24H26N8O2/c1-3-15-10-31(23(34)24(13-25)5-6-24)11-18(15)29-20-17(21(26)33)9-28-32-12-19(30-22(20)32)16-4-7-27-14(2)8-16/h4,7-9,12,15,18,29H,3,5-6,10-11H2,1-2H3,(H2,26,33)/t15-,18+/m0/s1. The topological polar surface area (TPSA) is 142 Å². The van der Waals surface area contributed by atoms with Crippen molar-refractivity contribution >= 4 is 23.1 Å². The van der Waals surface area contributed by atoms with Gasteiger partial charge in [0.05, 0.1) is 35.4 Å². The molecule has 0 spiro atoms. The van der Waals surface area contributed by atoms with Crippen molar-refractivity contribution in [3.8, 4) is 17.3 Å². The first-order valence-corrected chi connectivity index (χ1v) is 11.4. The monoisotopic (exact) mass is 458 g/mol. The highest BCUT2D eigenvalue weighted by Gasteiger charge is 2.54. The second-order valence-electron chi connectivity index (χ2n) is 9.20. The first kappa shape index (κ1) is 21.8. The maximum absolute atomic E-state index is 13.0. The van der Waals surface area contributed by atoms with Crippen LogP contribution in [0.4, 0.5) is 5.69 Å². The zero-order valence-corrected chi connectivity index (χ0v) is 19.2. The molecule has 10 nitrogen and oxygen atoms in total. The van der Waals surface area contributed by atoms with Gasteiger partial charge >= 0.3 is 0 Å². The molecule has 0 bridgehead atoms. The van der Waals surface area contributed by atoms with E-state index in [0.29, 0.717) is 43.0 Å². The number of carbonyl (C=O) groups excluding carboxylic acids is 2. The number of amides is 2. The zero-order chi connectivity index (χ0) is 24.0. The van der Waals surface area contributed by atoms with Crippen molar-refractivity contribution in [1.82, 2.24) is 24.5 Å². The predicted molar refractivity (Wildman–Crippen MR) is 125 cm³/mol. The largest absolute Gasteiger partial charge is 0.376 e. The van der Waals surface area contributed by atoms with Crippen LogP contribution in [0, 0.1) is 29.6 Å². The molecule has 0 radical (unpaired) electrons. The number of aromatic nitrogens is 4. The van der Waals surface area contributed by atoms with Crippen molar-refractivity contribution in [2.75, 3.05) is 18.4 Å². The van der Waals surface area contributed by atoms with Gasteiger partial charge in [-0.05, 0) is 44.2 Å². The van der Waals surface area contributed by atoms with Gasteiger partial charge in [0.1, 0.15) is 5.41 Å².